The van der Waals surface area contributed by atoms with Crippen LogP contribution in [0.5, 0.6) is 0 Å². The third-order valence-corrected chi connectivity index (χ3v) is 3.53. The molecule has 4 N–H and O–H groups in total. The summed E-state index contributed by atoms with van der Waals surface area (Å²) in [5, 5.41) is 0. The van der Waals surface area contributed by atoms with E-state index in [1.54, 1.807) is 6.07 Å². The molecule has 1 fully saturated rings. The van der Waals surface area contributed by atoms with E-state index in [-0.39, 0.29) is 5.95 Å². The van der Waals surface area contributed by atoms with Gasteiger partial charge in [0.1, 0.15) is 11.6 Å². The van der Waals surface area contributed by atoms with Gasteiger partial charge in [-0.15, -0.1) is 0 Å². The van der Waals surface area contributed by atoms with Crippen molar-refractivity contribution in [3.8, 4) is 0 Å². The van der Waals surface area contributed by atoms with Crippen molar-refractivity contribution in [2.45, 2.75) is 0 Å². The Morgan fingerprint density at radius 1 is 1.27 bits per heavy atom. The van der Waals surface area contributed by atoms with E-state index in [4.69, 9.17) is 11.5 Å². The molecule has 1 aromatic heterocycles. The number of nitrogen functional groups attached to an aromatic ring is 2. The van der Waals surface area contributed by atoms with Crippen LogP contribution in [0.4, 0.5) is 17.6 Å². The van der Waals surface area contributed by atoms with Crippen LogP contribution < -0.4 is 16.4 Å². The average Bonchev–Trinajstić information content (AvgIpc) is 2.17. The Hall–Kier alpha value is -1.37. The third-order valence-electron chi connectivity index (χ3n) is 2.25. The topological polar surface area (TPSA) is 98.1 Å². The second kappa shape index (κ2) is 4.01. The van der Waals surface area contributed by atoms with Crippen LogP contribution in [0.1, 0.15) is 0 Å². The predicted molar refractivity (Wildman–Crippen MR) is 60.9 cm³/mol. The maximum absolute atomic E-state index is 11.2. The highest BCUT2D eigenvalue weighted by molar-refractivity contribution is 7.85. The lowest BCUT2D eigenvalue weighted by Gasteiger charge is -2.27. The fourth-order valence-corrected chi connectivity index (χ4v) is 2.55. The minimum atomic E-state index is -0.693. The van der Waals surface area contributed by atoms with Gasteiger partial charge in [-0.3, -0.25) is 4.21 Å². The normalized spacial score (nSPS) is 18.0. The largest absolute Gasteiger partial charge is 0.383 e. The Kier molecular flexibility index (Phi) is 2.72. The Balaban J connectivity index is 2.18. The molecule has 1 aromatic rings. The summed E-state index contributed by atoms with van der Waals surface area (Å²) in [6.07, 6.45) is 0. The maximum atomic E-state index is 11.2. The predicted octanol–water partition coefficient (Wildman–Crippen LogP) is -0.790. The summed E-state index contributed by atoms with van der Waals surface area (Å²) in [5.74, 6) is 2.60. The molecule has 6 nitrogen and oxygen atoms in total. The van der Waals surface area contributed by atoms with Crippen molar-refractivity contribution < 1.29 is 4.21 Å². The zero-order chi connectivity index (χ0) is 10.8. The molecule has 0 bridgehead atoms. The molecular weight excluding hydrogens is 214 g/mol. The standard InChI is InChI=1S/C8H13N5OS/c9-6-5-7(12-8(10)11-6)13-1-3-15(14)4-2-13/h5H,1-4H2,(H4,9,10,11,12). The molecule has 0 saturated carbocycles. The molecule has 2 heterocycles. The maximum Gasteiger partial charge on any atom is 0.223 e. The molecule has 82 valence electrons. The highest BCUT2D eigenvalue weighted by atomic mass is 32.2. The fraction of sp³-hybridized carbons (Fsp3) is 0.500. The van der Waals surface area contributed by atoms with E-state index in [9.17, 15) is 4.21 Å². The molecule has 1 saturated heterocycles. The lowest BCUT2D eigenvalue weighted by molar-refractivity contribution is 0.672. The van der Waals surface area contributed by atoms with E-state index in [2.05, 4.69) is 9.97 Å². The van der Waals surface area contributed by atoms with E-state index in [1.165, 1.54) is 0 Å². The van der Waals surface area contributed by atoms with Crippen LogP contribution in [0, 0.1) is 0 Å². The first-order chi connectivity index (χ1) is 7.15. The van der Waals surface area contributed by atoms with Crippen molar-refractivity contribution in [1.82, 2.24) is 9.97 Å². The highest BCUT2D eigenvalue weighted by Gasteiger charge is 2.17. The zero-order valence-electron chi connectivity index (χ0n) is 8.22. The van der Waals surface area contributed by atoms with Gasteiger partial charge >= 0.3 is 0 Å². The molecule has 0 spiro atoms. The lowest BCUT2D eigenvalue weighted by Crippen LogP contribution is -2.38. The van der Waals surface area contributed by atoms with Crippen molar-refractivity contribution in [3.05, 3.63) is 6.07 Å². The number of anilines is 3. The second-order valence-electron chi connectivity index (χ2n) is 3.34. The molecule has 2 rings (SSSR count). The van der Waals surface area contributed by atoms with Gasteiger partial charge in [0, 0.05) is 41.5 Å². The first-order valence-electron chi connectivity index (χ1n) is 4.65. The summed E-state index contributed by atoms with van der Waals surface area (Å²) in [7, 11) is -0.693. The second-order valence-corrected chi connectivity index (χ2v) is 5.04. The first-order valence-corrected chi connectivity index (χ1v) is 6.14. The molecule has 0 amide bonds. The number of nitrogens with two attached hydrogens (primary N) is 2. The number of aromatic nitrogens is 2. The van der Waals surface area contributed by atoms with Crippen molar-refractivity contribution >= 4 is 28.4 Å². The SMILES string of the molecule is Nc1cc(N2CCS(=O)CC2)nc(N)n1. The minimum absolute atomic E-state index is 0.177. The molecule has 0 aromatic carbocycles. The fourth-order valence-electron chi connectivity index (χ4n) is 1.50. The Morgan fingerprint density at radius 2 is 1.93 bits per heavy atom. The van der Waals surface area contributed by atoms with Crippen LogP contribution in [0.25, 0.3) is 0 Å². The van der Waals surface area contributed by atoms with E-state index in [0.717, 1.165) is 18.9 Å². The summed E-state index contributed by atoms with van der Waals surface area (Å²) in [6, 6.07) is 1.69. The molecule has 15 heavy (non-hydrogen) atoms. The van der Waals surface area contributed by atoms with Gasteiger partial charge in [0.25, 0.3) is 0 Å². The van der Waals surface area contributed by atoms with Crippen LogP contribution in [0.15, 0.2) is 6.07 Å². The molecular formula is C8H13N5OS. The van der Waals surface area contributed by atoms with Gasteiger partial charge in [-0.05, 0) is 0 Å². The number of rotatable bonds is 1. The quantitative estimate of drug-likeness (QED) is 0.652. The number of nitrogens with zero attached hydrogens (tertiary/aromatic N) is 3. The Labute approximate surface area is 90.1 Å². The van der Waals surface area contributed by atoms with Crippen LogP contribution in [0.3, 0.4) is 0 Å². The van der Waals surface area contributed by atoms with Crippen LogP contribution in [-0.2, 0) is 10.8 Å². The number of hydrogen-bond acceptors (Lipinski definition) is 6. The summed E-state index contributed by atoms with van der Waals surface area (Å²) in [6.45, 7) is 1.45. The van der Waals surface area contributed by atoms with Gasteiger partial charge in [-0.25, -0.2) is 0 Å². The van der Waals surface area contributed by atoms with Gasteiger partial charge < -0.3 is 16.4 Å². The van der Waals surface area contributed by atoms with Gasteiger partial charge in [-0.2, -0.15) is 9.97 Å². The summed E-state index contributed by atoms with van der Waals surface area (Å²) >= 11 is 0. The van der Waals surface area contributed by atoms with Crippen molar-refractivity contribution in [2.75, 3.05) is 41.0 Å². The van der Waals surface area contributed by atoms with Crippen molar-refractivity contribution in [1.29, 1.82) is 0 Å². The van der Waals surface area contributed by atoms with E-state index in [0.29, 0.717) is 17.3 Å². The molecule has 0 unspecified atom stereocenters. The highest BCUT2D eigenvalue weighted by Crippen LogP contribution is 2.16. The van der Waals surface area contributed by atoms with E-state index in [1.807, 2.05) is 4.90 Å². The monoisotopic (exact) mass is 227 g/mol. The summed E-state index contributed by atoms with van der Waals surface area (Å²) in [5.41, 5.74) is 11.1. The smallest absolute Gasteiger partial charge is 0.223 e. The van der Waals surface area contributed by atoms with Crippen molar-refractivity contribution in [3.63, 3.8) is 0 Å². The number of hydrogen-bond donors (Lipinski definition) is 2. The zero-order valence-corrected chi connectivity index (χ0v) is 9.04. The summed E-state index contributed by atoms with van der Waals surface area (Å²) < 4.78 is 11.2. The van der Waals surface area contributed by atoms with Gasteiger partial charge in [-0.1, -0.05) is 0 Å². The lowest BCUT2D eigenvalue weighted by atomic mass is 10.4. The summed E-state index contributed by atoms with van der Waals surface area (Å²) in [4.78, 5) is 9.92. The van der Waals surface area contributed by atoms with Gasteiger partial charge in [0.05, 0.1) is 0 Å². The molecule has 7 heteroatoms. The van der Waals surface area contributed by atoms with Crippen LogP contribution in [0.2, 0.25) is 0 Å². The average molecular weight is 227 g/mol. The first kappa shape index (κ1) is 10.2. The molecule has 0 aliphatic carbocycles. The van der Waals surface area contributed by atoms with Crippen molar-refractivity contribution in [2.24, 2.45) is 0 Å². The Bertz CT molecular complexity index is 366. The van der Waals surface area contributed by atoms with E-state index < -0.39 is 10.8 Å². The minimum Gasteiger partial charge on any atom is -0.383 e. The van der Waals surface area contributed by atoms with Gasteiger partial charge in [0.15, 0.2) is 0 Å². The van der Waals surface area contributed by atoms with Crippen LogP contribution >= 0.6 is 0 Å². The third kappa shape index (κ3) is 2.35. The molecule has 1 aliphatic heterocycles. The Morgan fingerprint density at radius 3 is 2.53 bits per heavy atom. The van der Waals surface area contributed by atoms with E-state index >= 15 is 0 Å². The molecule has 0 atom stereocenters. The molecule has 0 radical (unpaired) electrons. The van der Waals surface area contributed by atoms with Gasteiger partial charge in [0.2, 0.25) is 5.95 Å². The van der Waals surface area contributed by atoms with Crippen LogP contribution in [-0.4, -0.2) is 38.8 Å². The molecule has 1 aliphatic rings.